The van der Waals surface area contributed by atoms with Crippen LogP contribution in [0.5, 0.6) is 0 Å². The quantitative estimate of drug-likeness (QED) is 0.743. The van der Waals surface area contributed by atoms with Crippen LogP contribution in [0, 0.1) is 6.92 Å². The highest BCUT2D eigenvalue weighted by Gasteiger charge is 2.24. The van der Waals surface area contributed by atoms with Gasteiger partial charge in [0.25, 0.3) is 0 Å². The van der Waals surface area contributed by atoms with E-state index in [4.69, 9.17) is 9.05 Å². The van der Waals surface area contributed by atoms with Crippen LogP contribution < -0.4 is 5.30 Å². The van der Waals surface area contributed by atoms with Gasteiger partial charge in [0.1, 0.15) is 0 Å². The van der Waals surface area contributed by atoms with Crippen LogP contribution in [0.2, 0.25) is 0 Å². The van der Waals surface area contributed by atoms with Crippen LogP contribution >= 0.6 is 7.60 Å². The van der Waals surface area contributed by atoms with E-state index in [0.717, 1.165) is 17.5 Å². The van der Waals surface area contributed by atoms with Gasteiger partial charge in [-0.2, -0.15) is 0 Å². The SMILES string of the molecule is CCc1cc(C)cc(P(=O)(OC)OC)c1. The number of benzene rings is 1. The van der Waals surface area contributed by atoms with E-state index in [-0.39, 0.29) is 0 Å². The van der Waals surface area contributed by atoms with E-state index in [1.807, 2.05) is 19.1 Å². The average Bonchev–Trinajstić information content (AvgIpc) is 2.27. The lowest BCUT2D eigenvalue weighted by molar-refractivity contribution is 0.287. The topological polar surface area (TPSA) is 35.5 Å². The summed E-state index contributed by atoms with van der Waals surface area (Å²) >= 11 is 0. The summed E-state index contributed by atoms with van der Waals surface area (Å²) in [5.41, 5.74) is 2.21. The highest BCUT2D eigenvalue weighted by atomic mass is 31.2. The fourth-order valence-electron chi connectivity index (χ4n) is 1.49. The van der Waals surface area contributed by atoms with Gasteiger partial charge >= 0.3 is 7.60 Å². The van der Waals surface area contributed by atoms with Gasteiger partial charge in [0.2, 0.25) is 0 Å². The zero-order chi connectivity index (χ0) is 11.5. The number of hydrogen-bond donors (Lipinski definition) is 0. The summed E-state index contributed by atoms with van der Waals surface area (Å²) in [6, 6.07) is 5.78. The Morgan fingerprint density at radius 1 is 1.20 bits per heavy atom. The van der Waals surface area contributed by atoms with Crippen LogP contribution in [0.25, 0.3) is 0 Å². The summed E-state index contributed by atoms with van der Waals surface area (Å²) < 4.78 is 22.0. The summed E-state index contributed by atoms with van der Waals surface area (Å²) in [5, 5.41) is 0.629. The molecule has 0 bridgehead atoms. The first-order valence-electron chi connectivity index (χ1n) is 4.88. The molecule has 0 saturated carbocycles. The minimum absolute atomic E-state index is 0.629. The molecule has 4 heteroatoms. The maximum Gasteiger partial charge on any atom is 0.360 e. The fraction of sp³-hybridized carbons (Fsp3) is 0.455. The lowest BCUT2D eigenvalue weighted by Crippen LogP contribution is -2.09. The molecule has 0 aliphatic rings. The molecule has 0 radical (unpaired) electrons. The third kappa shape index (κ3) is 2.69. The Bertz CT molecular complexity index is 379. The van der Waals surface area contributed by atoms with Gasteiger partial charge < -0.3 is 9.05 Å². The molecule has 0 spiro atoms. The van der Waals surface area contributed by atoms with Crippen molar-refractivity contribution >= 4 is 12.9 Å². The van der Waals surface area contributed by atoms with Gasteiger partial charge in [-0.1, -0.05) is 13.0 Å². The zero-order valence-electron chi connectivity index (χ0n) is 9.61. The summed E-state index contributed by atoms with van der Waals surface area (Å²) in [6.45, 7) is 4.03. The van der Waals surface area contributed by atoms with Crippen molar-refractivity contribution in [2.24, 2.45) is 0 Å². The number of rotatable bonds is 4. The number of aryl methyl sites for hydroxylation is 2. The first-order valence-corrected chi connectivity index (χ1v) is 6.42. The molecular weight excluding hydrogens is 211 g/mol. The molecule has 0 heterocycles. The van der Waals surface area contributed by atoms with Crippen molar-refractivity contribution in [2.45, 2.75) is 20.3 Å². The minimum Gasteiger partial charge on any atom is -0.309 e. The van der Waals surface area contributed by atoms with Crippen LogP contribution in [0.15, 0.2) is 18.2 Å². The summed E-state index contributed by atoms with van der Waals surface area (Å²) in [7, 11) is -0.299. The standard InChI is InChI=1S/C11H17O3P/c1-5-10-6-9(2)7-11(8-10)15(12,13-3)14-4/h6-8H,5H2,1-4H3. The normalized spacial score (nSPS) is 11.7. The molecule has 15 heavy (non-hydrogen) atoms. The monoisotopic (exact) mass is 228 g/mol. The summed E-state index contributed by atoms with van der Waals surface area (Å²) in [5.74, 6) is 0. The van der Waals surface area contributed by atoms with E-state index in [1.54, 1.807) is 0 Å². The van der Waals surface area contributed by atoms with E-state index in [1.165, 1.54) is 14.2 Å². The van der Waals surface area contributed by atoms with Gasteiger partial charge in [-0.05, 0) is 36.6 Å². The average molecular weight is 228 g/mol. The second kappa shape index (κ2) is 4.93. The molecule has 1 aromatic carbocycles. The van der Waals surface area contributed by atoms with Gasteiger partial charge in [-0.3, -0.25) is 4.57 Å². The maximum absolute atomic E-state index is 12.1. The van der Waals surface area contributed by atoms with E-state index >= 15 is 0 Å². The van der Waals surface area contributed by atoms with Gasteiger partial charge in [-0.15, -0.1) is 0 Å². The smallest absolute Gasteiger partial charge is 0.309 e. The van der Waals surface area contributed by atoms with Crippen molar-refractivity contribution in [3.8, 4) is 0 Å². The minimum atomic E-state index is -3.10. The largest absolute Gasteiger partial charge is 0.360 e. The molecule has 0 aliphatic carbocycles. The van der Waals surface area contributed by atoms with Crippen molar-refractivity contribution < 1.29 is 13.6 Å². The van der Waals surface area contributed by atoms with Crippen LogP contribution in [0.1, 0.15) is 18.1 Å². The molecule has 0 aliphatic heterocycles. The first kappa shape index (κ1) is 12.4. The predicted molar refractivity (Wildman–Crippen MR) is 61.8 cm³/mol. The van der Waals surface area contributed by atoms with Crippen molar-refractivity contribution in [3.63, 3.8) is 0 Å². The van der Waals surface area contributed by atoms with E-state index < -0.39 is 7.60 Å². The highest BCUT2D eigenvalue weighted by Crippen LogP contribution is 2.45. The molecule has 0 amide bonds. The Labute approximate surface area is 90.9 Å². The Balaban J connectivity index is 3.24. The van der Waals surface area contributed by atoms with Gasteiger partial charge in [-0.25, -0.2) is 0 Å². The lowest BCUT2D eigenvalue weighted by Gasteiger charge is -2.15. The van der Waals surface area contributed by atoms with Crippen LogP contribution in [-0.2, 0) is 20.0 Å². The van der Waals surface area contributed by atoms with Crippen molar-refractivity contribution in [1.29, 1.82) is 0 Å². The molecule has 0 atom stereocenters. The van der Waals surface area contributed by atoms with E-state index in [9.17, 15) is 4.57 Å². The van der Waals surface area contributed by atoms with Gasteiger partial charge in [0, 0.05) is 14.2 Å². The van der Waals surface area contributed by atoms with Crippen molar-refractivity contribution in [1.82, 2.24) is 0 Å². The predicted octanol–water partition coefficient (Wildman–Crippen LogP) is 2.67. The molecule has 0 fully saturated rings. The zero-order valence-corrected chi connectivity index (χ0v) is 10.5. The Hall–Kier alpha value is -0.630. The van der Waals surface area contributed by atoms with Gasteiger partial charge in [0.05, 0.1) is 5.30 Å². The molecule has 1 aromatic rings. The third-order valence-electron chi connectivity index (χ3n) is 2.33. The van der Waals surface area contributed by atoms with Gasteiger partial charge in [0.15, 0.2) is 0 Å². The Morgan fingerprint density at radius 2 is 1.80 bits per heavy atom. The molecule has 3 nitrogen and oxygen atoms in total. The Morgan fingerprint density at radius 3 is 2.27 bits per heavy atom. The summed E-state index contributed by atoms with van der Waals surface area (Å²) in [6.07, 6.45) is 0.905. The maximum atomic E-state index is 12.1. The molecule has 84 valence electrons. The molecule has 0 saturated heterocycles. The van der Waals surface area contributed by atoms with Crippen LogP contribution in [-0.4, -0.2) is 14.2 Å². The molecule has 0 aromatic heterocycles. The third-order valence-corrected chi connectivity index (χ3v) is 4.18. The Kier molecular flexibility index (Phi) is 4.09. The van der Waals surface area contributed by atoms with Crippen LogP contribution in [0.4, 0.5) is 0 Å². The first-order chi connectivity index (χ1) is 7.05. The second-order valence-corrected chi connectivity index (χ2v) is 5.63. The van der Waals surface area contributed by atoms with Crippen molar-refractivity contribution in [3.05, 3.63) is 29.3 Å². The molecule has 0 N–H and O–H groups in total. The second-order valence-electron chi connectivity index (χ2n) is 3.39. The lowest BCUT2D eigenvalue weighted by atomic mass is 10.1. The fourth-order valence-corrected chi connectivity index (χ4v) is 2.74. The molecule has 0 unspecified atom stereocenters. The van der Waals surface area contributed by atoms with E-state index in [0.29, 0.717) is 5.30 Å². The van der Waals surface area contributed by atoms with Crippen molar-refractivity contribution in [2.75, 3.05) is 14.2 Å². The summed E-state index contributed by atoms with van der Waals surface area (Å²) in [4.78, 5) is 0. The van der Waals surface area contributed by atoms with E-state index in [2.05, 4.69) is 13.0 Å². The number of hydrogen-bond acceptors (Lipinski definition) is 3. The molecule has 1 rings (SSSR count). The highest BCUT2D eigenvalue weighted by molar-refractivity contribution is 7.62. The molecular formula is C11H17O3P. The van der Waals surface area contributed by atoms with Crippen LogP contribution in [0.3, 0.4) is 0 Å².